The van der Waals surface area contributed by atoms with Crippen LogP contribution in [-0.4, -0.2) is 34.7 Å². The molecule has 0 fully saturated rings. The summed E-state index contributed by atoms with van der Waals surface area (Å²) in [6, 6.07) is 8.68. The van der Waals surface area contributed by atoms with E-state index in [1.807, 2.05) is 12.1 Å². The molecule has 0 amide bonds. The Bertz CT molecular complexity index is 671. The number of carboxylic acids is 1. The fourth-order valence-electron chi connectivity index (χ4n) is 1.91. The topological polar surface area (TPSA) is 84.3 Å². The monoisotopic (exact) mass is 301 g/mol. The number of hydrogen-bond donors (Lipinski definition) is 2. The summed E-state index contributed by atoms with van der Waals surface area (Å²) in [7, 11) is 1.55. The molecule has 0 spiro atoms. The van der Waals surface area contributed by atoms with E-state index >= 15 is 0 Å². The van der Waals surface area contributed by atoms with Crippen molar-refractivity contribution in [3.05, 3.63) is 36.0 Å². The van der Waals surface area contributed by atoms with Gasteiger partial charge >= 0.3 is 5.97 Å². The first-order valence-corrected chi connectivity index (χ1v) is 7.01. The molecule has 6 nitrogen and oxygen atoms in total. The van der Waals surface area contributed by atoms with Crippen LogP contribution in [0, 0.1) is 5.92 Å². The van der Waals surface area contributed by atoms with E-state index in [1.54, 1.807) is 19.2 Å². The van der Waals surface area contributed by atoms with E-state index in [-0.39, 0.29) is 5.69 Å². The molecular weight excluding hydrogens is 282 g/mol. The average Bonchev–Trinajstić information content (AvgIpc) is 2.52. The Hall–Kier alpha value is -2.63. The van der Waals surface area contributed by atoms with Gasteiger partial charge in [0, 0.05) is 12.6 Å². The number of benzene rings is 1. The Kier molecular flexibility index (Phi) is 4.93. The highest BCUT2D eigenvalue weighted by Gasteiger charge is 2.14. The molecule has 0 radical (unpaired) electrons. The van der Waals surface area contributed by atoms with Gasteiger partial charge < -0.3 is 15.2 Å². The van der Waals surface area contributed by atoms with Gasteiger partial charge in [0.25, 0.3) is 0 Å². The molecule has 0 aliphatic carbocycles. The van der Waals surface area contributed by atoms with Crippen molar-refractivity contribution >= 4 is 11.8 Å². The van der Waals surface area contributed by atoms with Crippen molar-refractivity contribution in [1.82, 2.24) is 9.97 Å². The van der Waals surface area contributed by atoms with Gasteiger partial charge in [-0.05, 0) is 18.1 Å². The largest absolute Gasteiger partial charge is 0.496 e. The Morgan fingerprint density at radius 1 is 1.32 bits per heavy atom. The molecule has 0 saturated heterocycles. The number of carbonyl (C=O) groups is 1. The van der Waals surface area contributed by atoms with Crippen LogP contribution in [-0.2, 0) is 0 Å². The molecule has 6 heteroatoms. The second-order valence-corrected chi connectivity index (χ2v) is 5.24. The minimum absolute atomic E-state index is 0.0536. The molecule has 2 N–H and O–H groups in total. The van der Waals surface area contributed by atoms with Gasteiger partial charge in [-0.15, -0.1) is 0 Å². The van der Waals surface area contributed by atoms with Gasteiger partial charge in [0.05, 0.1) is 12.7 Å². The molecule has 2 aromatic rings. The molecule has 1 heterocycles. The number of anilines is 1. The third-order valence-corrected chi connectivity index (χ3v) is 2.98. The molecule has 0 atom stereocenters. The van der Waals surface area contributed by atoms with Crippen LogP contribution in [0.15, 0.2) is 30.3 Å². The lowest BCUT2D eigenvalue weighted by Crippen LogP contribution is -2.12. The summed E-state index contributed by atoms with van der Waals surface area (Å²) in [4.78, 5) is 19.8. The van der Waals surface area contributed by atoms with Gasteiger partial charge in [-0.2, -0.15) is 0 Å². The van der Waals surface area contributed by atoms with E-state index in [4.69, 9.17) is 4.74 Å². The zero-order valence-corrected chi connectivity index (χ0v) is 12.8. The predicted octanol–water partition coefficient (Wildman–Crippen LogP) is 2.92. The molecule has 0 bridgehead atoms. The Morgan fingerprint density at radius 3 is 2.68 bits per heavy atom. The normalized spacial score (nSPS) is 10.5. The van der Waals surface area contributed by atoms with Crippen LogP contribution in [0.2, 0.25) is 0 Å². The molecule has 116 valence electrons. The number of nitrogens with one attached hydrogen (secondary N) is 1. The Morgan fingerprint density at radius 2 is 2.05 bits per heavy atom. The number of carboxylic acid groups (broad SMARTS) is 1. The SMILES string of the molecule is COc1ccccc1-c1nc(NCC(C)C)cc(C(=O)O)n1. The lowest BCUT2D eigenvalue weighted by molar-refractivity contribution is 0.0690. The summed E-state index contributed by atoms with van der Waals surface area (Å²) in [5.41, 5.74) is 0.600. The van der Waals surface area contributed by atoms with Crippen molar-refractivity contribution < 1.29 is 14.6 Å². The molecule has 22 heavy (non-hydrogen) atoms. The number of aromatic nitrogens is 2. The van der Waals surface area contributed by atoms with Gasteiger partial charge in [-0.25, -0.2) is 14.8 Å². The third kappa shape index (κ3) is 3.72. The lowest BCUT2D eigenvalue weighted by atomic mass is 10.2. The maximum absolute atomic E-state index is 11.3. The smallest absolute Gasteiger partial charge is 0.354 e. The summed E-state index contributed by atoms with van der Waals surface area (Å²) in [6.45, 7) is 4.82. The van der Waals surface area contributed by atoms with E-state index in [2.05, 4.69) is 29.1 Å². The first kappa shape index (κ1) is 15.8. The summed E-state index contributed by atoms with van der Waals surface area (Å²) in [6.07, 6.45) is 0. The van der Waals surface area contributed by atoms with Gasteiger partial charge in [0.2, 0.25) is 0 Å². The maximum atomic E-state index is 11.3. The van der Waals surface area contributed by atoms with Crippen LogP contribution in [0.3, 0.4) is 0 Å². The van der Waals surface area contributed by atoms with Crippen LogP contribution in [0.4, 0.5) is 5.82 Å². The highest BCUT2D eigenvalue weighted by atomic mass is 16.5. The number of ether oxygens (including phenoxy) is 1. The first-order valence-electron chi connectivity index (χ1n) is 7.01. The van der Waals surface area contributed by atoms with Crippen LogP contribution >= 0.6 is 0 Å². The average molecular weight is 301 g/mol. The highest BCUT2D eigenvalue weighted by molar-refractivity contribution is 5.87. The van der Waals surface area contributed by atoms with E-state index in [0.717, 1.165) is 0 Å². The van der Waals surface area contributed by atoms with Gasteiger partial charge in [-0.1, -0.05) is 26.0 Å². The van der Waals surface area contributed by atoms with Crippen molar-refractivity contribution in [3.63, 3.8) is 0 Å². The molecular formula is C16H19N3O3. The molecule has 0 aliphatic heterocycles. The zero-order valence-electron chi connectivity index (χ0n) is 12.8. The Balaban J connectivity index is 2.47. The summed E-state index contributed by atoms with van der Waals surface area (Å²) in [5.74, 6) is 0.731. The fourth-order valence-corrected chi connectivity index (χ4v) is 1.91. The molecule has 1 aromatic carbocycles. The first-order chi connectivity index (χ1) is 10.5. The van der Waals surface area contributed by atoms with Gasteiger partial charge in [0.15, 0.2) is 11.5 Å². The quantitative estimate of drug-likeness (QED) is 0.853. The van der Waals surface area contributed by atoms with Crippen molar-refractivity contribution in [3.8, 4) is 17.1 Å². The number of aromatic carboxylic acids is 1. The van der Waals surface area contributed by atoms with Crippen LogP contribution in [0.5, 0.6) is 5.75 Å². The minimum atomic E-state index is -1.09. The predicted molar refractivity (Wildman–Crippen MR) is 84.3 cm³/mol. The molecule has 0 saturated carbocycles. The maximum Gasteiger partial charge on any atom is 0.354 e. The second kappa shape index (κ2) is 6.89. The second-order valence-electron chi connectivity index (χ2n) is 5.24. The number of nitrogens with zero attached hydrogens (tertiary/aromatic N) is 2. The zero-order chi connectivity index (χ0) is 16.1. The molecule has 0 unspecified atom stereocenters. The van der Waals surface area contributed by atoms with E-state index in [9.17, 15) is 9.90 Å². The number of rotatable bonds is 6. The third-order valence-electron chi connectivity index (χ3n) is 2.98. The van der Waals surface area contributed by atoms with Crippen molar-refractivity contribution in [2.45, 2.75) is 13.8 Å². The van der Waals surface area contributed by atoms with E-state index in [1.165, 1.54) is 6.07 Å². The number of para-hydroxylation sites is 1. The molecule has 0 aliphatic rings. The highest BCUT2D eigenvalue weighted by Crippen LogP contribution is 2.28. The van der Waals surface area contributed by atoms with E-state index < -0.39 is 5.97 Å². The minimum Gasteiger partial charge on any atom is -0.496 e. The van der Waals surface area contributed by atoms with Crippen molar-refractivity contribution in [2.75, 3.05) is 19.0 Å². The summed E-state index contributed by atoms with van der Waals surface area (Å²) < 4.78 is 5.29. The summed E-state index contributed by atoms with van der Waals surface area (Å²) >= 11 is 0. The van der Waals surface area contributed by atoms with Crippen molar-refractivity contribution in [1.29, 1.82) is 0 Å². The van der Waals surface area contributed by atoms with Crippen LogP contribution < -0.4 is 10.1 Å². The van der Waals surface area contributed by atoms with E-state index in [0.29, 0.717) is 35.4 Å². The molecule has 2 rings (SSSR count). The standard InChI is InChI=1S/C16H19N3O3/c1-10(2)9-17-14-8-12(16(20)21)18-15(19-14)11-6-4-5-7-13(11)22-3/h4-8,10H,9H2,1-3H3,(H,20,21)(H,17,18,19). The lowest BCUT2D eigenvalue weighted by Gasteiger charge is -2.12. The van der Waals surface area contributed by atoms with Crippen molar-refractivity contribution in [2.24, 2.45) is 5.92 Å². The van der Waals surface area contributed by atoms with Crippen LogP contribution in [0.1, 0.15) is 24.3 Å². The van der Waals surface area contributed by atoms with Gasteiger partial charge in [-0.3, -0.25) is 0 Å². The number of hydrogen-bond acceptors (Lipinski definition) is 5. The number of methoxy groups -OCH3 is 1. The Labute approximate surface area is 129 Å². The van der Waals surface area contributed by atoms with Crippen LogP contribution in [0.25, 0.3) is 11.4 Å². The fraction of sp³-hybridized carbons (Fsp3) is 0.312. The van der Waals surface area contributed by atoms with Gasteiger partial charge in [0.1, 0.15) is 11.6 Å². The molecule has 1 aromatic heterocycles. The summed E-state index contributed by atoms with van der Waals surface area (Å²) in [5, 5.41) is 12.4.